The molecule has 9 heteroatoms. The van der Waals surface area contributed by atoms with Crippen LogP contribution in [0.5, 0.6) is 11.5 Å². The number of ether oxygens (including phenoxy) is 3. The monoisotopic (exact) mass is 559 g/mol. The van der Waals surface area contributed by atoms with Crippen molar-refractivity contribution < 1.29 is 28.6 Å². The molecule has 2 saturated heterocycles. The van der Waals surface area contributed by atoms with Crippen molar-refractivity contribution in [1.82, 2.24) is 10.2 Å². The molecule has 3 amide bonds. The molecule has 6 rings (SSSR count). The fourth-order valence-corrected chi connectivity index (χ4v) is 7.08. The number of nitrogens with one attached hydrogen (secondary N) is 2. The summed E-state index contributed by atoms with van der Waals surface area (Å²) in [7, 11) is 3.16. The van der Waals surface area contributed by atoms with E-state index in [0.717, 1.165) is 31.2 Å². The fraction of sp³-hybridized carbons (Fsp3) is 0.469. The van der Waals surface area contributed by atoms with E-state index in [9.17, 15) is 14.4 Å². The first kappa shape index (κ1) is 27.3. The SMILES string of the molecule is COc1ccc(CN2C(=O)C3C(C(=O)Nc4cccc(OC)c4)C4C=CC3(O4)C2C(=O)NC2CCCCC2C)cc1. The van der Waals surface area contributed by atoms with Crippen LogP contribution in [0.1, 0.15) is 38.2 Å². The number of methoxy groups -OCH3 is 2. The number of carbonyl (C=O) groups is 3. The fourth-order valence-electron chi connectivity index (χ4n) is 7.08. The quantitative estimate of drug-likeness (QED) is 0.478. The van der Waals surface area contributed by atoms with Crippen LogP contribution in [0.4, 0.5) is 5.69 Å². The highest BCUT2D eigenvalue weighted by molar-refractivity contribution is 6.02. The lowest BCUT2D eigenvalue weighted by Crippen LogP contribution is -2.57. The number of rotatable bonds is 8. The van der Waals surface area contributed by atoms with Crippen molar-refractivity contribution in [2.24, 2.45) is 17.8 Å². The van der Waals surface area contributed by atoms with Crippen molar-refractivity contribution in [3.8, 4) is 11.5 Å². The van der Waals surface area contributed by atoms with E-state index in [1.807, 2.05) is 36.4 Å². The number of hydrogen-bond acceptors (Lipinski definition) is 6. The number of amides is 3. The molecule has 1 aliphatic carbocycles. The Labute approximate surface area is 240 Å². The Kier molecular flexibility index (Phi) is 7.23. The summed E-state index contributed by atoms with van der Waals surface area (Å²) in [5.74, 6) is -0.728. The molecule has 4 aliphatic rings. The van der Waals surface area contributed by atoms with E-state index < -0.39 is 29.6 Å². The largest absolute Gasteiger partial charge is 0.497 e. The van der Waals surface area contributed by atoms with Crippen LogP contribution in [0.2, 0.25) is 0 Å². The van der Waals surface area contributed by atoms with Crippen molar-refractivity contribution in [3.63, 3.8) is 0 Å². The van der Waals surface area contributed by atoms with Gasteiger partial charge in [-0.05, 0) is 48.6 Å². The van der Waals surface area contributed by atoms with Gasteiger partial charge in [0.05, 0.1) is 32.2 Å². The normalized spacial score (nSPS) is 31.6. The number of carbonyl (C=O) groups excluding carboxylic acids is 3. The third-order valence-electron chi connectivity index (χ3n) is 9.21. The molecule has 41 heavy (non-hydrogen) atoms. The van der Waals surface area contributed by atoms with Crippen LogP contribution in [0.25, 0.3) is 0 Å². The van der Waals surface area contributed by atoms with Gasteiger partial charge in [0.25, 0.3) is 0 Å². The second kappa shape index (κ2) is 10.9. The van der Waals surface area contributed by atoms with Crippen LogP contribution in [-0.4, -0.2) is 60.6 Å². The summed E-state index contributed by atoms with van der Waals surface area (Å²) in [6, 6.07) is 13.7. The van der Waals surface area contributed by atoms with Crippen molar-refractivity contribution in [3.05, 3.63) is 66.2 Å². The van der Waals surface area contributed by atoms with Crippen LogP contribution < -0.4 is 20.1 Å². The topological polar surface area (TPSA) is 106 Å². The Morgan fingerprint density at radius 2 is 1.78 bits per heavy atom. The lowest BCUT2D eigenvalue weighted by atomic mass is 9.74. The number of likely N-dealkylation sites (tertiary alicyclic amines) is 1. The summed E-state index contributed by atoms with van der Waals surface area (Å²) in [6.07, 6.45) is 7.27. The molecule has 1 spiro atoms. The highest BCUT2D eigenvalue weighted by Gasteiger charge is 2.72. The summed E-state index contributed by atoms with van der Waals surface area (Å²) in [5, 5.41) is 6.22. The van der Waals surface area contributed by atoms with Crippen molar-refractivity contribution in [2.45, 2.75) is 62.9 Å². The molecule has 3 heterocycles. The summed E-state index contributed by atoms with van der Waals surface area (Å²) in [6.45, 7) is 2.38. The maximum atomic E-state index is 14.2. The van der Waals surface area contributed by atoms with Gasteiger partial charge in [-0.25, -0.2) is 0 Å². The third-order valence-corrected chi connectivity index (χ3v) is 9.21. The summed E-state index contributed by atoms with van der Waals surface area (Å²) < 4.78 is 17.1. The standard InChI is InChI=1S/C32H37N3O6/c1-19-7-4-5-10-24(19)34-30(37)28-32-16-15-25(41-32)26(29(36)33-21-8-6-9-23(17-21)40-3)27(32)31(38)35(28)18-20-11-13-22(39-2)14-12-20/h6,8-9,11-17,19,24-28H,4-5,7,10,18H2,1-3H3,(H,33,36)(H,34,37). The van der Waals surface area contributed by atoms with E-state index in [0.29, 0.717) is 23.1 Å². The molecular formula is C32H37N3O6. The van der Waals surface area contributed by atoms with Gasteiger partial charge in [-0.15, -0.1) is 0 Å². The van der Waals surface area contributed by atoms with Gasteiger partial charge in [0, 0.05) is 24.3 Å². The van der Waals surface area contributed by atoms with Gasteiger partial charge >= 0.3 is 0 Å². The van der Waals surface area contributed by atoms with Crippen LogP contribution in [0.3, 0.4) is 0 Å². The van der Waals surface area contributed by atoms with E-state index >= 15 is 0 Å². The zero-order chi connectivity index (χ0) is 28.7. The molecule has 2 bridgehead atoms. The first-order valence-electron chi connectivity index (χ1n) is 14.4. The van der Waals surface area contributed by atoms with Crippen molar-refractivity contribution in [2.75, 3.05) is 19.5 Å². The second-order valence-corrected chi connectivity index (χ2v) is 11.6. The van der Waals surface area contributed by atoms with E-state index in [1.165, 1.54) is 0 Å². The predicted octanol–water partition coefficient (Wildman–Crippen LogP) is 3.69. The van der Waals surface area contributed by atoms with Crippen LogP contribution in [0.15, 0.2) is 60.7 Å². The summed E-state index contributed by atoms with van der Waals surface area (Å²) >= 11 is 0. The molecule has 2 aromatic carbocycles. The molecule has 0 aromatic heterocycles. The molecule has 7 atom stereocenters. The summed E-state index contributed by atoms with van der Waals surface area (Å²) in [5.41, 5.74) is 0.207. The minimum Gasteiger partial charge on any atom is -0.497 e. The molecule has 0 radical (unpaired) electrons. The van der Waals surface area contributed by atoms with Crippen molar-refractivity contribution >= 4 is 23.4 Å². The van der Waals surface area contributed by atoms with Gasteiger partial charge in [0.15, 0.2) is 0 Å². The lowest BCUT2D eigenvalue weighted by molar-refractivity contribution is -0.142. The smallest absolute Gasteiger partial charge is 0.246 e. The zero-order valence-electron chi connectivity index (χ0n) is 23.7. The van der Waals surface area contributed by atoms with Crippen molar-refractivity contribution in [1.29, 1.82) is 0 Å². The van der Waals surface area contributed by atoms with Gasteiger partial charge in [0.1, 0.15) is 23.1 Å². The Morgan fingerprint density at radius 1 is 1.02 bits per heavy atom. The van der Waals surface area contributed by atoms with E-state index in [4.69, 9.17) is 14.2 Å². The van der Waals surface area contributed by atoms with Gasteiger partial charge in [-0.3, -0.25) is 14.4 Å². The van der Waals surface area contributed by atoms with E-state index in [-0.39, 0.29) is 30.3 Å². The molecule has 2 N–H and O–H groups in total. The number of anilines is 1. The first-order valence-corrected chi connectivity index (χ1v) is 14.4. The predicted molar refractivity (Wildman–Crippen MR) is 152 cm³/mol. The third kappa shape index (κ3) is 4.76. The molecule has 7 unspecified atom stereocenters. The Morgan fingerprint density at radius 3 is 2.51 bits per heavy atom. The molecule has 9 nitrogen and oxygen atoms in total. The minimum atomic E-state index is -1.22. The Balaban J connectivity index is 1.32. The number of hydrogen-bond donors (Lipinski definition) is 2. The van der Waals surface area contributed by atoms with Gasteiger partial charge < -0.3 is 29.7 Å². The highest BCUT2D eigenvalue weighted by atomic mass is 16.5. The first-order chi connectivity index (χ1) is 19.8. The molecule has 1 saturated carbocycles. The molecule has 3 aliphatic heterocycles. The molecule has 216 valence electrons. The van der Waals surface area contributed by atoms with Crippen LogP contribution >= 0.6 is 0 Å². The van der Waals surface area contributed by atoms with Gasteiger partial charge in [0.2, 0.25) is 17.7 Å². The van der Waals surface area contributed by atoms with E-state index in [2.05, 4.69) is 17.6 Å². The average molecular weight is 560 g/mol. The Bertz CT molecular complexity index is 1360. The number of nitrogens with zero attached hydrogens (tertiary/aromatic N) is 1. The minimum absolute atomic E-state index is 0.0411. The number of fused-ring (bicyclic) bond motifs is 1. The average Bonchev–Trinajstić information content (AvgIpc) is 3.62. The highest BCUT2D eigenvalue weighted by Crippen LogP contribution is 2.55. The van der Waals surface area contributed by atoms with Gasteiger partial charge in [-0.2, -0.15) is 0 Å². The van der Waals surface area contributed by atoms with Crippen LogP contribution in [-0.2, 0) is 25.7 Å². The zero-order valence-corrected chi connectivity index (χ0v) is 23.7. The maximum absolute atomic E-state index is 14.2. The lowest BCUT2D eigenvalue weighted by Gasteiger charge is -2.36. The maximum Gasteiger partial charge on any atom is 0.246 e. The Hall–Kier alpha value is -3.85. The van der Waals surface area contributed by atoms with Gasteiger partial charge in [-0.1, -0.05) is 50.1 Å². The van der Waals surface area contributed by atoms with Crippen LogP contribution in [0, 0.1) is 17.8 Å². The molecular weight excluding hydrogens is 522 g/mol. The molecule has 3 fully saturated rings. The molecule has 2 aromatic rings. The van der Waals surface area contributed by atoms with E-state index in [1.54, 1.807) is 43.4 Å². The number of benzene rings is 2. The summed E-state index contributed by atoms with van der Waals surface area (Å²) in [4.78, 5) is 43.7. The second-order valence-electron chi connectivity index (χ2n) is 11.6.